The third-order valence-corrected chi connectivity index (χ3v) is 5.66. The normalized spacial score (nSPS) is 20.5. The number of hydrogen-bond donors (Lipinski definition) is 1. The van der Waals surface area contributed by atoms with Crippen molar-refractivity contribution in [2.45, 2.75) is 19.3 Å². The number of halogens is 1. The van der Waals surface area contributed by atoms with Crippen LogP contribution in [0.1, 0.15) is 23.7 Å². The Morgan fingerprint density at radius 3 is 2.64 bits per heavy atom. The van der Waals surface area contributed by atoms with Crippen molar-refractivity contribution < 1.29 is 9.13 Å². The van der Waals surface area contributed by atoms with Crippen molar-refractivity contribution in [2.75, 3.05) is 57.3 Å². The summed E-state index contributed by atoms with van der Waals surface area (Å²) in [6.45, 7) is 9.82. The minimum absolute atomic E-state index is 0.234. The molecule has 2 fully saturated rings. The summed E-state index contributed by atoms with van der Waals surface area (Å²) in [4.78, 5) is 9.68. The molecule has 0 amide bonds. The van der Waals surface area contributed by atoms with Gasteiger partial charge in [-0.05, 0) is 56.3 Å². The molecule has 0 spiro atoms. The fraction of sp³-hybridized carbons (Fsp3) is 0.500. The average Bonchev–Trinajstić information content (AvgIpc) is 3.25. The number of nitrogens with zero attached hydrogens (tertiary/aromatic N) is 3. The third kappa shape index (κ3) is 4.80. The summed E-state index contributed by atoms with van der Waals surface area (Å²) in [6, 6.07) is 10.7. The van der Waals surface area contributed by atoms with Gasteiger partial charge in [0.05, 0.1) is 0 Å². The molecule has 2 aliphatic heterocycles. The zero-order valence-electron chi connectivity index (χ0n) is 16.5. The van der Waals surface area contributed by atoms with Gasteiger partial charge in [-0.15, -0.1) is 0 Å². The van der Waals surface area contributed by atoms with Crippen LogP contribution in [0.25, 0.3) is 0 Å². The Labute approximate surface area is 166 Å². The lowest BCUT2D eigenvalue weighted by Crippen LogP contribution is -2.47. The van der Waals surface area contributed by atoms with E-state index in [2.05, 4.69) is 34.2 Å². The smallest absolute Gasteiger partial charge is 0.123 e. The van der Waals surface area contributed by atoms with Crippen molar-refractivity contribution in [1.82, 2.24) is 15.2 Å². The van der Waals surface area contributed by atoms with E-state index in [0.29, 0.717) is 12.5 Å². The van der Waals surface area contributed by atoms with Crippen LogP contribution in [0.5, 0.6) is 5.75 Å². The number of aromatic nitrogens is 1. The summed E-state index contributed by atoms with van der Waals surface area (Å²) in [5.41, 5.74) is 3.64. The molecule has 6 heteroatoms. The van der Waals surface area contributed by atoms with Gasteiger partial charge in [0.25, 0.3) is 0 Å². The molecule has 0 saturated carbocycles. The van der Waals surface area contributed by atoms with E-state index >= 15 is 0 Å². The van der Waals surface area contributed by atoms with Gasteiger partial charge in [-0.25, -0.2) is 4.39 Å². The largest absolute Gasteiger partial charge is 0.492 e. The quantitative estimate of drug-likeness (QED) is 0.829. The fourth-order valence-corrected chi connectivity index (χ4v) is 4.03. The number of benzene rings is 1. The summed E-state index contributed by atoms with van der Waals surface area (Å²) >= 11 is 0. The summed E-state index contributed by atoms with van der Waals surface area (Å²) < 4.78 is 18.7. The molecule has 1 unspecified atom stereocenters. The topological polar surface area (TPSA) is 40.6 Å². The van der Waals surface area contributed by atoms with Crippen LogP contribution >= 0.6 is 0 Å². The Kier molecular flexibility index (Phi) is 6.07. The molecule has 2 aromatic rings. The van der Waals surface area contributed by atoms with Crippen LogP contribution in [0.4, 0.5) is 10.1 Å². The van der Waals surface area contributed by atoms with Crippen LogP contribution < -0.4 is 15.0 Å². The van der Waals surface area contributed by atoms with Gasteiger partial charge < -0.3 is 15.0 Å². The Morgan fingerprint density at radius 1 is 1.14 bits per heavy atom. The number of anilines is 1. The highest BCUT2D eigenvalue weighted by molar-refractivity contribution is 5.49. The summed E-state index contributed by atoms with van der Waals surface area (Å²) in [5.74, 6) is 1.03. The van der Waals surface area contributed by atoms with E-state index in [-0.39, 0.29) is 5.82 Å². The molecular formula is C22H29FN4O. The van der Waals surface area contributed by atoms with Gasteiger partial charge in [0.15, 0.2) is 0 Å². The Balaban J connectivity index is 1.27. The zero-order chi connectivity index (χ0) is 19.3. The van der Waals surface area contributed by atoms with Gasteiger partial charge in [-0.3, -0.25) is 9.88 Å². The maximum atomic E-state index is 12.9. The third-order valence-electron chi connectivity index (χ3n) is 5.66. The molecule has 3 heterocycles. The molecule has 1 aromatic carbocycles. The number of pyridine rings is 1. The first-order chi connectivity index (χ1) is 13.7. The van der Waals surface area contributed by atoms with Gasteiger partial charge in [0, 0.05) is 62.3 Å². The lowest BCUT2D eigenvalue weighted by atomic mass is 10.0. The molecule has 4 rings (SSSR count). The number of piperazine rings is 1. The van der Waals surface area contributed by atoms with Gasteiger partial charge in [-0.2, -0.15) is 0 Å². The van der Waals surface area contributed by atoms with Crippen molar-refractivity contribution >= 4 is 5.69 Å². The second kappa shape index (κ2) is 8.88. The van der Waals surface area contributed by atoms with Gasteiger partial charge in [-0.1, -0.05) is 0 Å². The first-order valence-electron chi connectivity index (χ1n) is 10.2. The SMILES string of the molecule is Cc1cc(N2CCN(CCOc3ccc(F)cc3)CC2)cc(C2CCNC2)n1. The first kappa shape index (κ1) is 19.2. The zero-order valence-corrected chi connectivity index (χ0v) is 16.5. The fourth-order valence-electron chi connectivity index (χ4n) is 4.03. The molecular weight excluding hydrogens is 355 g/mol. The minimum atomic E-state index is -0.234. The molecule has 2 saturated heterocycles. The number of aryl methyl sites for hydroxylation is 1. The molecule has 5 nitrogen and oxygen atoms in total. The maximum Gasteiger partial charge on any atom is 0.123 e. The summed E-state index contributed by atoms with van der Waals surface area (Å²) in [7, 11) is 0. The number of ether oxygens (including phenoxy) is 1. The minimum Gasteiger partial charge on any atom is -0.492 e. The highest BCUT2D eigenvalue weighted by Crippen LogP contribution is 2.26. The molecule has 0 bridgehead atoms. The second-order valence-corrected chi connectivity index (χ2v) is 7.71. The standard InChI is InChI=1S/C22H29FN4O/c1-17-14-20(15-22(25-17)18-6-7-24-16-18)27-10-8-26(9-11-27)12-13-28-21-4-2-19(23)3-5-21/h2-5,14-15,18,24H,6-13,16H2,1H3. The van der Waals surface area contributed by atoms with Crippen molar-refractivity contribution in [3.63, 3.8) is 0 Å². The van der Waals surface area contributed by atoms with E-state index in [1.54, 1.807) is 12.1 Å². The van der Waals surface area contributed by atoms with Crippen molar-refractivity contribution in [2.24, 2.45) is 0 Å². The average molecular weight is 384 g/mol. The highest BCUT2D eigenvalue weighted by atomic mass is 19.1. The van der Waals surface area contributed by atoms with Crippen molar-refractivity contribution in [3.05, 3.63) is 53.6 Å². The van der Waals surface area contributed by atoms with E-state index in [9.17, 15) is 4.39 Å². The van der Waals surface area contributed by atoms with E-state index < -0.39 is 0 Å². The molecule has 150 valence electrons. The van der Waals surface area contributed by atoms with E-state index in [4.69, 9.17) is 9.72 Å². The lowest BCUT2D eigenvalue weighted by Gasteiger charge is -2.36. The predicted octanol–water partition coefficient (Wildman–Crippen LogP) is 2.81. The lowest BCUT2D eigenvalue weighted by molar-refractivity contribution is 0.200. The van der Waals surface area contributed by atoms with Gasteiger partial charge in [0.1, 0.15) is 18.2 Å². The molecule has 2 aliphatic rings. The van der Waals surface area contributed by atoms with Crippen molar-refractivity contribution in [1.29, 1.82) is 0 Å². The molecule has 28 heavy (non-hydrogen) atoms. The summed E-state index contributed by atoms with van der Waals surface area (Å²) in [5, 5.41) is 3.44. The number of nitrogens with one attached hydrogen (secondary N) is 1. The Morgan fingerprint density at radius 2 is 1.93 bits per heavy atom. The molecule has 1 N–H and O–H groups in total. The highest BCUT2D eigenvalue weighted by Gasteiger charge is 2.22. The van der Waals surface area contributed by atoms with Crippen LogP contribution in [0, 0.1) is 12.7 Å². The monoisotopic (exact) mass is 384 g/mol. The predicted molar refractivity (Wildman–Crippen MR) is 110 cm³/mol. The Bertz CT molecular complexity index is 769. The van der Waals surface area contributed by atoms with E-state index in [0.717, 1.165) is 57.3 Å². The summed E-state index contributed by atoms with van der Waals surface area (Å²) in [6.07, 6.45) is 1.18. The van der Waals surface area contributed by atoms with Crippen LogP contribution in [0.3, 0.4) is 0 Å². The van der Waals surface area contributed by atoms with Crippen LogP contribution in [0.15, 0.2) is 36.4 Å². The molecule has 0 radical (unpaired) electrons. The van der Waals surface area contributed by atoms with Gasteiger partial charge >= 0.3 is 0 Å². The van der Waals surface area contributed by atoms with Crippen LogP contribution in [-0.4, -0.2) is 62.3 Å². The van der Waals surface area contributed by atoms with Gasteiger partial charge in [0.2, 0.25) is 0 Å². The maximum absolute atomic E-state index is 12.9. The number of rotatable bonds is 6. The van der Waals surface area contributed by atoms with E-state index in [1.165, 1.54) is 29.9 Å². The van der Waals surface area contributed by atoms with Crippen LogP contribution in [-0.2, 0) is 0 Å². The first-order valence-corrected chi connectivity index (χ1v) is 10.2. The van der Waals surface area contributed by atoms with E-state index in [1.807, 2.05) is 0 Å². The molecule has 0 aliphatic carbocycles. The second-order valence-electron chi connectivity index (χ2n) is 7.71. The van der Waals surface area contributed by atoms with Crippen LogP contribution in [0.2, 0.25) is 0 Å². The molecule has 1 aromatic heterocycles. The molecule has 1 atom stereocenters. The van der Waals surface area contributed by atoms with Crippen molar-refractivity contribution in [3.8, 4) is 5.75 Å². The Hall–Kier alpha value is -2.18. The number of hydrogen-bond acceptors (Lipinski definition) is 5.